The van der Waals surface area contributed by atoms with Gasteiger partial charge in [-0.15, -0.1) is 11.8 Å². The lowest BCUT2D eigenvalue weighted by Gasteiger charge is -2.43. The first kappa shape index (κ1) is 17.9. The smallest absolute Gasteiger partial charge is 0.290 e. The molecule has 3 aliphatic rings. The van der Waals surface area contributed by atoms with E-state index in [9.17, 15) is 9.59 Å². The molecule has 2 atom stereocenters. The first-order valence-electron chi connectivity index (χ1n) is 10.0. The van der Waals surface area contributed by atoms with Gasteiger partial charge in [0.1, 0.15) is 0 Å². The van der Waals surface area contributed by atoms with Crippen LogP contribution in [0.3, 0.4) is 0 Å². The zero-order valence-electron chi connectivity index (χ0n) is 15.8. The van der Waals surface area contributed by atoms with E-state index in [4.69, 9.17) is 4.42 Å². The van der Waals surface area contributed by atoms with Gasteiger partial charge in [-0.1, -0.05) is 30.3 Å². The van der Waals surface area contributed by atoms with Crippen molar-refractivity contribution >= 4 is 23.6 Å². The van der Waals surface area contributed by atoms with E-state index in [1.807, 2.05) is 39.8 Å². The van der Waals surface area contributed by atoms with Crippen LogP contribution in [0.5, 0.6) is 0 Å². The summed E-state index contributed by atoms with van der Waals surface area (Å²) in [5.41, 5.74) is 1.27. The van der Waals surface area contributed by atoms with Crippen LogP contribution in [0.15, 0.2) is 53.1 Å². The number of hydrogen-bond donors (Lipinski definition) is 0. The van der Waals surface area contributed by atoms with E-state index in [-0.39, 0.29) is 22.6 Å². The van der Waals surface area contributed by atoms with Gasteiger partial charge in [-0.25, -0.2) is 0 Å². The number of amides is 2. The summed E-state index contributed by atoms with van der Waals surface area (Å²) >= 11 is 1.86. The maximum Gasteiger partial charge on any atom is 0.290 e. The molecule has 1 aromatic heterocycles. The predicted octanol–water partition coefficient (Wildman–Crippen LogP) is 3.59. The molecule has 1 aliphatic carbocycles. The molecule has 146 valence electrons. The molecule has 1 aromatic carbocycles. The van der Waals surface area contributed by atoms with Crippen LogP contribution in [-0.2, 0) is 4.79 Å². The third-order valence-electron chi connectivity index (χ3n) is 6.35. The van der Waals surface area contributed by atoms with Gasteiger partial charge < -0.3 is 14.2 Å². The quantitative estimate of drug-likeness (QED) is 0.796. The third-order valence-corrected chi connectivity index (χ3v) is 7.90. The van der Waals surface area contributed by atoms with Gasteiger partial charge in [0.2, 0.25) is 5.91 Å². The molecule has 6 heteroatoms. The van der Waals surface area contributed by atoms with Crippen LogP contribution in [0.4, 0.5) is 0 Å². The minimum absolute atomic E-state index is 0.0267. The van der Waals surface area contributed by atoms with Crippen LogP contribution in [0, 0.1) is 5.92 Å². The number of nitrogens with zero attached hydrogens (tertiary/aromatic N) is 2. The Morgan fingerprint density at radius 1 is 1.04 bits per heavy atom. The molecule has 0 radical (unpaired) electrons. The number of carbonyl (C=O) groups excluding carboxylic acids is 2. The standard InChI is InChI=1S/C22H24N2O3S/c25-20(18-15-17(18)16-5-2-1-3-6-16)23-10-8-22(9-11-23)24(12-14-28-22)21(26)19-7-4-13-27-19/h1-7,13,17-18H,8-12,14-15H2. The molecule has 3 heterocycles. The average Bonchev–Trinajstić information content (AvgIpc) is 3.15. The lowest BCUT2D eigenvalue weighted by atomic mass is 10.0. The summed E-state index contributed by atoms with van der Waals surface area (Å²) < 4.78 is 5.33. The molecule has 1 saturated carbocycles. The lowest BCUT2D eigenvalue weighted by molar-refractivity contribution is -0.134. The van der Waals surface area contributed by atoms with Crippen molar-refractivity contribution < 1.29 is 14.0 Å². The van der Waals surface area contributed by atoms with Crippen molar-refractivity contribution in [2.75, 3.05) is 25.4 Å². The monoisotopic (exact) mass is 396 g/mol. The van der Waals surface area contributed by atoms with E-state index in [0.29, 0.717) is 11.7 Å². The fourth-order valence-electron chi connectivity index (χ4n) is 4.69. The molecule has 5 rings (SSSR count). The van der Waals surface area contributed by atoms with Crippen molar-refractivity contribution in [2.45, 2.75) is 30.1 Å². The Morgan fingerprint density at radius 2 is 1.82 bits per heavy atom. The van der Waals surface area contributed by atoms with E-state index in [0.717, 1.165) is 44.6 Å². The Balaban J connectivity index is 1.23. The molecular formula is C22H24N2O3S. The van der Waals surface area contributed by atoms with Crippen LogP contribution in [0.1, 0.15) is 41.3 Å². The van der Waals surface area contributed by atoms with Crippen LogP contribution >= 0.6 is 11.8 Å². The van der Waals surface area contributed by atoms with E-state index in [2.05, 4.69) is 12.1 Å². The SMILES string of the molecule is O=C(C1CC1c1ccccc1)N1CCC2(CC1)SCCN2C(=O)c1ccco1. The highest BCUT2D eigenvalue weighted by Crippen LogP contribution is 2.50. The molecule has 2 aliphatic heterocycles. The molecule has 0 bridgehead atoms. The molecule has 2 aromatic rings. The highest BCUT2D eigenvalue weighted by molar-refractivity contribution is 8.00. The summed E-state index contributed by atoms with van der Waals surface area (Å²) in [5.74, 6) is 2.12. The molecule has 1 spiro atoms. The zero-order valence-corrected chi connectivity index (χ0v) is 16.6. The second kappa shape index (κ2) is 6.99. The molecule has 0 N–H and O–H groups in total. The van der Waals surface area contributed by atoms with Gasteiger partial charge in [0, 0.05) is 31.3 Å². The van der Waals surface area contributed by atoms with E-state index in [1.54, 1.807) is 18.4 Å². The second-order valence-electron chi connectivity index (χ2n) is 7.91. The lowest BCUT2D eigenvalue weighted by Crippen LogP contribution is -2.53. The number of carbonyl (C=O) groups is 2. The maximum absolute atomic E-state index is 13.0. The zero-order chi connectivity index (χ0) is 19.1. The van der Waals surface area contributed by atoms with Crippen molar-refractivity contribution in [1.29, 1.82) is 0 Å². The van der Waals surface area contributed by atoms with Crippen molar-refractivity contribution in [3.8, 4) is 0 Å². The van der Waals surface area contributed by atoms with Crippen molar-refractivity contribution in [2.24, 2.45) is 5.92 Å². The van der Waals surface area contributed by atoms with Gasteiger partial charge >= 0.3 is 0 Å². The van der Waals surface area contributed by atoms with E-state index >= 15 is 0 Å². The Labute approximate surface area is 169 Å². The summed E-state index contributed by atoms with van der Waals surface area (Å²) in [6.45, 7) is 2.20. The van der Waals surface area contributed by atoms with Gasteiger partial charge in [-0.3, -0.25) is 9.59 Å². The highest BCUT2D eigenvalue weighted by atomic mass is 32.2. The second-order valence-corrected chi connectivity index (χ2v) is 9.37. The van der Waals surface area contributed by atoms with Crippen LogP contribution in [-0.4, -0.2) is 51.9 Å². The largest absolute Gasteiger partial charge is 0.459 e. The Hall–Kier alpha value is -2.21. The van der Waals surface area contributed by atoms with Gasteiger partial charge in [-0.2, -0.15) is 0 Å². The van der Waals surface area contributed by atoms with Crippen molar-refractivity contribution in [3.63, 3.8) is 0 Å². The van der Waals surface area contributed by atoms with Crippen molar-refractivity contribution in [3.05, 3.63) is 60.1 Å². The summed E-state index contributed by atoms with van der Waals surface area (Å²) in [6, 6.07) is 13.8. The van der Waals surface area contributed by atoms with E-state index < -0.39 is 0 Å². The van der Waals surface area contributed by atoms with Gasteiger partial charge in [0.25, 0.3) is 5.91 Å². The summed E-state index contributed by atoms with van der Waals surface area (Å²) in [5, 5.41) is 0. The first-order chi connectivity index (χ1) is 13.7. The summed E-state index contributed by atoms with van der Waals surface area (Å²) in [6.07, 6.45) is 4.17. The molecular weight excluding hydrogens is 372 g/mol. The number of hydrogen-bond acceptors (Lipinski definition) is 4. The molecule has 2 unspecified atom stereocenters. The summed E-state index contributed by atoms with van der Waals surface area (Å²) in [7, 11) is 0. The molecule has 3 fully saturated rings. The number of thioether (sulfide) groups is 1. The Kier molecular flexibility index (Phi) is 4.46. The maximum atomic E-state index is 13.0. The first-order valence-corrected chi connectivity index (χ1v) is 11.0. The predicted molar refractivity (Wildman–Crippen MR) is 108 cm³/mol. The van der Waals surface area contributed by atoms with E-state index in [1.165, 1.54) is 5.56 Å². The molecule has 28 heavy (non-hydrogen) atoms. The minimum Gasteiger partial charge on any atom is -0.459 e. The number of benzene rings is 1. The van der Waals surface area contributed by atoms with Gasteiger partial charge in [-0.05, 0) is 42.9 Å². The van der Waals surface area contributed by atoms with Gasteiger partial charge in [0.05, 0.1) is 11.1 Å². The van der Waals surface area contributed by atoms with Crippen LogP contribution < -0.4 is 0 Å². The van der Waals surface area contributed by atoms with Crippen molar-refractivity contribution in [1.82, 2.24) is 9.80 Å². The third kappa shape index (κ3) is 3.04. The fourth-order valence-corrected chi connectivity index (χ4v) is 6.15. The molecule has 2 saturated heterocycles. The number of furan rings is 1. The highest BCUT2D eigenvalue weighted by Gasteiger charge is 2.50. The number of rotatable bonds is 3. The van der Waals surface area contributed by atoms with Crippen LogP contribution in [0.25, 0.3) is 0 Å². The molecule has 5 nitrogen and oxygen atoms in total. The summed E-state index contributed by atoms with van der Waals surface area (Å²) in [4.78, 5) is 29.6. The van der Waals surface area contributed by atoms with Crippen LogP contribution in [0.2, 0.25) is 0 Å². The fraction of sp³-hybridized carbons (Fsp3) is 0.455. The average molecular weight is 397 g/mol. The molecule has 2 amide bonds. The Morgan fingerprint density at radius 3 is 2.54 bits per heavy atom. The Bertz CT molecular complexity index is 859. The normalized spacial score (nSPS) is 25.9. The number of piperidine rings is 1. The topological polar surface area (TPSA) is 53.8 Å². The minimum atomic E-state index is -0.191. The van der Waals surface area contributed by atoms with Gasteiger partial charge in [0.15, 0.2) is 5.76 Å². The number of likely N-dealkylation sites (tertiary alicyclic amines) is 1.